The Bertz CT molecular complexity index is 455. The lowest BCUT2D eigenvalue weighted by Crippen LogP contribution is -2.29. The van der Waals surface area contributed by atoms with Crippen molar-refractivity contribution in [1.29, 1.82) is 0 Å². The Kier molecular flexibility index (Phi) is 6.69. The number of carbonyl (C=O) groups excluding carboxylic acids is 1. The number of H-pyrrole nitrogens is 1. The van der Waals surface area contributed by atoms with Crippen molar-refractivity contribution in [2.24, 2.45) is 0 Å². The molecule has 1 amide bonds. The third-order valence-electron chi connectivity index (χ3n) is 2.77. The van der Waals surface area contributed by atoms with Crippen LogP contribution in [0.4, 0.5) is 0 Å². The summed E-state index contributed by atoms with van der Waals surface area (Å²) in [6.07, 6.45) is 2.94. The van der Waals surface area contributed by atoms with E-state index in [1.54, 1.807) is 9.47 Å². The molecule has 108 valence electrons. The minimum Gasteiger partial charge on any atom is -0.345 e. The zero-order valence-corrected chi connectivity index (χ0v) is 12.6. The number of aromatic amines is 1. The number of hydrogen-bond acceptors (Lipinski definition) is 4. The van der Waals surface area contributed by atoms with Crippen molar-refractivity contribution < 1.29 is 4.79 Å². The summed E-state index contributed by atoms with van der Waals surface area (Å²) in [5, 5.41) is 6.95. The molecule has 0 fully saturated rings. The molecular formula is C12H22N4O2S. The number of amides is 1. The third-order valence-corrected chi connectivity index (χ3v) is 3.73. The fraction of sp³-hybridized carbons (Fsp3) is 0.750. The highest BCUT2D eigenvalue weighted by Gasteiger charge is 2.13. The molecule has 1 N–H and O–H groups in total. The van der Waals surface area contributed by atoms with Gasteiger partial charge in [-0.2, -0.15) is 0 Å². The van der Waals surface area contributed by atoms with Gasteiger partial charge >= 0.3 is 5.69 Å². The van der Waals surface area contributed by atoms with Crippen molar-refractivity contribution in [3.63, 3.8) is 0 Å². The largest absolute Gasteiger partial charge is 0.345 e. The Morgan fingerprint density at radius 1 is 1.42 bits per heavy atom. The van der Waals surface area contributed by atoms with E-state index in [0.29, 0.717) is 17.5 Å². The molecule has 0 atom stereocenters. The minimum atomic E-state index is -0.212. The second kappa shape index (κ2) is 8.04. The van der Waals surface area contributed by atoms with Crippen LogP contribution in [0.25, 0.3) is 0 Å². The summed E-state index contributed by atoms with van der Waals surface area (Å²) in [6.45, 7) is 5.49. The van der Waals surface area contributed by atoms with E-state index < -0.39 is 0 Å². The summed E-state index contributed by atoms with van der Waals surface area (Å²) in [6, 6.07) is 0. The van der Waals surface area contributed by atoms with Gasteiger partial charge in [0.05, 0.1) is 5.75 Å². The summed E-state index contributed by atoms with van der Waals surface area (Å²) < 4.78 is 1.57. The van der Waals surface area contributed by atoms with Gasteiger partial charge in [-0.3, -0.25) is 9.36 Å². The monoisotopic (exact) mass is 286 g/mol. The first-order valence-electron chi connectivity index (χ1n) is 6.62. The topological polar surface area (TPSA) is 71.0 Å². The van der Waals surface area contributed by atoms with Crippen LogP contribution in [0.3, 0.4) is 0 Å². The van der Waals surface area contributed by atoms with E-state index in [9.17, 15) is 9.59 Å². The fourth-order valence-electron chi connectivity index (χ4n) is 1.59. The molecule has 1 rings (SSSR count). The molecule has 0 bridgehead atoms. The quantitative estimate of drug-likeness (QED) is 0.732. The van der Waals surface area contributed by atoms with Gasteiger partial charge in [-0.25, -0.2) is 9.89 Å². The van der Waals surface area contributed by atoms with Crippen molar-refractivity contribution in [2.45, 2.75) is 44.8 Å². The van der Waals surface area contributed by atoms with Crippen LogP contribution < -0.4 is 5.69 Å². The van der Waals surface area contributed by atoms with Crippen molar-refractivity contribution in [1.82, 2.24) is 19.7 Å². The van der Waals surface area contributed by atoms with Gasteiger partial charge in [-0.1, -0.05) is 32.0 Å². The number of carbonyl (C=O) groups is 1. The number of hydrogen-bond donors (Lipinski definition) is 1. The number of nitrogens with one attached hydrogen (secondary N) is 1. The Labute approximate surface area is 117 Å². The van der Waals surface area contributed by atoms with Crippen molar-refractivity contribution in [3.05, 3.63) is 10.5 Å². The van der Waals surface area contributed by atoms with Crippen LogP contribution in [-0.4, -0.2) is 44.9 Å². The number of thioether (sulfide) groups is 1. The van der Waals surface area contributed by atoms with Crippen LogP contribution in [0.2, 0.25) is 0 Å². The maximum Gasteiger partial charge on any atom is 0.343 e. The molecule has 1 aromatic rings. The summed E-state index contributed by atoms with van der Waals surface area (Å²) in [7, 11) is 1.81. The predicted octanol–water partition coefficient (Wildman–Crippen LogP) is 1.33. The van der Waals surface area contributed by atoms with Gasteiger partial charge in [-0.15, -0.1) is 5.10 Å². The van der Waals surface area contributed by atoms with E-state index in [4.69, 9.17) is 0 Å². The zero-order chi connectivity index (χ0) is 14.3. The van der Waals surface area contributed by atoms with Crippen molar-refractivity contribution >= 4 is 17.7 Å². The highest BCUT2D eigenvalue weighted by atomic mass is 32.2. The number of aromatic nitrogens is 3. The smallest absolute Gasteiger partial charge is 0.343 e. The second-order valence-corrected chi connectivity index (χ2v) is 5.36. The standard InChI is InChI=1S/C12H22N4O2S/c1-4-6-8-15(3)10(17)9-19-12-14-13-11(18)16(12)7-5-2/h4-9H2,1-3H3,(H,13,18). The van der Waals surface area contributed by atoms with Crippen LogP contribution in [0.15, 0.2) is 9.95 Å². The zero-order valence-electron chi connectivity index (χ0n) is 11.8. The van der Waals surface area contributed by atoms with E-state index in [1.807, 2.05) is 14.0 Å². The fourth-order valence-corrected chi connectivity index (χ4v) is 2.50. The normalized spacial score (nSPS) is 10.7. The van der Waals surface area contributed by atoms with Gasteiger partial charge in [0.15, 0.2) is 5.16 Å². The van der Waals surface area contributed by atoms with E-state index in [0.717, 1.165) is 25.8 Å². The Balaban J connectivity index is 2.52. The average molecular weight is 286 g/mol. The first kappa shape index (κ1) is 15.8. The molecule has 6 nitrogen and oxygen atoms in total. The molecule has 0 spiro atoms. The van der Waals surface area contributed by atoms with Crippen molar-refractivity contribution in [2.75, 3.05) is 19.3 Å². The summed E-state index contributed by atoms with van der Waals surface area (Å²) in [5.74, 6) is 0.380. The maximum absolute atomic E-state index is 11.9. The lowest BCUT2D eigenvalue weighted by atomic mass is 10.3. The molecule has 1 aromatic heterocycles. The Morgan fingerprint density at radius 2 is 2.16 bits per heavy atom. The van der Waals surface area contributed by atoms with Crippen LogP contribution in [0, 0.1) is 0 Å². The van der Waals surface area contributed by atoms with Gasteiger partial charge in [0.1, 0.15) is 0 Å². The molecule has 1 heterocycles. The summed E-state index contributed by atoms with van der Waals surface area (Å²) in [5.41, 5.74) is -0.212. The molecule has 0 aliphatic heterocycles. The molecule has 0 radical (unpaired) electrons. The minimum absolute atomic E-state index is 0.0666. The number of nitrogens with zero attached hydrogens (tertiary/aromatic N) is 3. The SMILES string of the molecule is CCCCN(C)C(=O)CSc1n[nH]c(=O)n1CCC. The predicted molar refractivity (Wildman–Crippen MR) is 76.4 cm³/mol. The molecule has 7 heteroatoms. The average Bonchev–Trinajstić information content (AvgIpc) is 2.75. The van der Waals surface area contributed by atoms with Gasteiger partial charge in [0.25, 0.3) is 0 Å². The number of unbranched alkanes of at least 4 members (excludes halogenated alkanes) is 1. The van der Waals surface area contributed by atoms with Crippen LogP contribution in [0.1, 0.15) is 33.1 Å². The van der Waals surface area contributed by atoms with Crippen LogP contribution >= 0.6 is 11.8 Å². The van der Waals surface area contributed by atoms with Crippen LogP contribution in [-0.2, 0) is 11.3 Å². The molecule has 0 saturated heterocycles. The Morgan fingerprint density at radius 3 is 2.79 bits per heavy atom. The highest BCUT2D eigenvalue weighted by molar-refractivity contribution is 7.99. The van der Waals surface area contributed by atoms with Gasteiger partial charge < -0.3 is 4.90 Å². The van der Waals surface area contributed by atoms with E-state index in [-0.39, 0.29) is 11.6 Å². The van der Waals surface area contributed by atoms with Gasteiger partial charge in [-0.05, 0) is 12.8 Å². The van der Waals surface area contributed by atoms with Crippen LogP contribution in [0.5, 0.6) is 0 Å². The maximum atomic E-state index is 11.9. The van der Waals surface area contributed by atoms with Crippen molar-refractivity contribution in [3.8, 4) is 0 Å². The lowest BCUT2D eigenvalue weighted by Gasteiger charge is -2.16. The van der Waals surface area contributed by atoms with Gasteiger partial charge in [0, 0.05) is 20.1 Å². The van der Waals surface area contributed by atoms with E-state index in [2.05, 4.69) is 17.1 Å². The molecular weight excluding hydrogens is 264 g/mol. The summed E-state index contributed by atoms with van der Waals surface area (Å²) >= 11 is 1.31. The third kappa shape index (κ3) is 4.74. The summed E-state index contributed by atoms with van der Waals surface area (Å²) in [4.78, 5) is 25.1. The molecule has 0 aliphatic rings. The van der Waals surface area contributed by atoms with E-state index >= 15 is 0 Å². The second-order valence-electron chi connectivity index (χ2n) is 4.42. The molecule has 19 heavy (non-hydrogen) atoms. The molecule has 0 unspecified atom stereocenters. The molecule has 0 aliphatic carbocycles. The molecule has 0 aromatic carbocycles. The van der Waals surface area contributed by atoms with Gasteiger partial charge in [0.2, 0.25) is 5.91 Å². The lowest BCUT2D eigenvalue weighted by molar-refractivity contribution is -0.127. The van der Waals surface area contributed by atoms with E-state index in [1.165, 1.54) is 11.8 Å². The number of rotatable bonds is 8. The molecule has 0 saturated carbocycles. The Hall–Kier alpha value is -1.24. The first-order chi connectivity index (χ1) is 9.10. The highest BCUT2D eigenvalue weighted by Crippen LogP contribution is 2.14. The first-order valence-corrected chi connectivity index (χ1v) is 7.60.